The van der Waals surface area contributed by atoms with Crippen LogP contribution in [0.2, 0.25) is 6.04 Å². The van der Waals surface area contributed by atoms with Gasteiger partial charge in [0.1, 0.15) is 0 Å². The van der Waals surface area contributed by atoms with E-state index in [1.54, 1.807) is 0 Å². The Kier molecular flexibility index (Phi) is 24.3. The van der Waals surface area contributed by atoms with Crippen LogP contribution in [0.5, 0.6) is 0 Å². The molecule has 14 heteroatoms. The van der Waals surface area contributed by atoms with Crippen LogP contribution in [0.25, 0.3) is 0 Å². The van der Waals surface area contributed by atoms with E-state index >= 15 is 0 Å². The maximum Gasteiger partial charge on any atom is 0.303 e. The van der Waals surface area contributed by atoms with Gasteiger partial charge in [0, 0.05) is 0 Å². The summed E-state index contributed by atoms with van der Waals surface area (Å²) in [5.74, 6) is 0. The average Bonchev–Trinajstić information content (AvgIpc) is 2.76. The van der Waals surface area contributed by atoms with Crippen molar-refractivity contribution in [2.24, 2.45) is 0 Å². The first-order chi connectivity index (χ1) is 14.9. The van der Waals surface area contributed by atoms with E-state index in [1.165, 1.54) is 89.9 Å². The monoisotopic (exact) mass is 546 g/mol. The van der Waals surface area contributed by atoms with Gasteiger partial charge in [-0.3, -0.25) is 0 Å². The highest BCUT2D eigenvalue weighted by atomic mass is 28.4. The lowest BCUT2D eigenvalue weighted by atomic mass is 10.0. The molecule has 0 spiro atoms. The molecule has 7 nitrogen and oxygen atoms in total. The molecule has 1 heterocycles. The Labute approximate surface area is 200 Å². The Morgan fingerprint density at radius 3 is 1.17 bits per heavy atom. The van der Waals surface area contributed by atoms with Gasteiger partial charge in [0.15, 0.2) is 0 Å². The molecule has 1 aliphatic rings. The fourth-order valence-electron chi connectivity index (χ4n) is 3.37. The fraction of sp³-hybridized carbons (Fsp3) is 1.00. The van der Waals surface area contributed by atoms with Gasteiger partial charge in [-0.05, 0) is 6.04 Å². The van der Waals surface area contributed by atoms with Crippen LogP contribution in [0, 0.1) is 0 Å². The zero-order valence-corrected chi connectivity index (χ0v) is 28.9. The summed E-state index contributed by atoms with van der Waals surface area (Å²) in [5, 5.41) is 0. The van der Waals surface area contributed by atoms with E-state index in [4.69, 9.17) is 28.8 Å². The topological polar surface area (TPSA) is 64.6 Å². The molecule has 30 heavy (non-hydrogen) atoms. The summed E-state index contributed by atoms with van der Waals surface area (Å²) in [6.45, 7) is 2.29. The molecule has 0 atom stereocenters. The minimum Gasteiger partial charge on any atom is -0.425 e. The van der Waals surface area contributed by atoms with E-state index in [2.05, 4.69) is 6.92 Å². The number of unbranched alkanes of at least 4 members (excludes halogenated alkanes) is 13. The van der Waals surface area contributed by atoms with Gasteiger partial charge in [-0.15, -0.1) is 0 Å². The van der Waals surface area contributed by atoms with Crippen LogP contribution in [0.4, 0.5) is 0 Å². The molecule has 1 saturated heterocycles. The molecule has 0 radical (unpaired) electrons. The highest BCUT2D eigenvalue weighted by Gasteiger charge is 2.13. The van der Waals surface area contributed by atoms with Crippen molar-refractivity contribution in [3.63, 3.8) is 0 Å². The second kappa shape index (κ2) is 24.9. The normalized spacial score (nSPS) is 24.9. The zero-order chi connectivity index (χ0) is 21.4. The third-order valence-electron chi connectivity index (χ3n) is 5.13. The smallest absolute Gasteiger partial charge is 0.303 e. The molecule has 0 aliphatic carbocycles. The Balaban J connectivity index is 1.92. The highest BCUT2D eigenvalue weighted by Crippen LogP contribution is 2.14. The quantitative estimate of drug-likeness (QED) is 0.208. The molecule has 1 aliphatic heterocycles. The van der Waals surface area contributed by atoms with Gasteiger partial charge in [-0.25, -0.2) is 0 Å². The minimum absolute atomic E-state index is 0.883. The van der Waals surface area contributed by atoms with Gasteiger partial charge < -0.3 is 28.8 Å². The largest absolute Gasteiger partial charge is 0.425 e. The average molecular weight is 547 g/mol. The summed E-state index contributed by atoms with van der Waals surface area (Å²) in [4.78, 5) is 0. The second-order valence-corrected chi connectivity index (χ2v) is 21.6. The summed E-state index contributed by atoms with van der Waals surface area (Å²) in [7, 11) is -7.07. The van der Waals surface area contributed by atoms with E-state index in [0.717, 1.165) is 6.04 Å². The van der Waals surface area contributed by atoms with Crippen LogP contribution in [0.3, 0.4) is 0 Å². The first kappa shape index (κ1) is 29.3. The van der Waals surface area contributed by atoms with Crippen molar-refractivity contribution in [2.45, 2.75) is 103 Å². The molecular weight excluding hydrogens is 501 g/mol. The van der Waals surface area contributed by atoms with Crippen LogP contribution in [-0.4, -0.2) is 69.3 Å². The molecular formula is C16H46O7Si7. The van der Waals surface area contributed by atoms with Crippen molar-refractivity contribution in [1.82, 2.24) is 0 Å². The number of rotatable bonds is 15. The van der Waals surface area contributed by atoms with Gasteiger partial charge in [-0.2, -0.15) is 0 Å². The Bertz CT molecular complexity index is 337. The molecule has 0 saturated carbocycles. The molecule has 0 aromatic heterocycles. The predicted molar refractivity (Wildman–Crippen MR) is 141 cm³/mol. The molecule has 0 unspecified atom stereocenters. The Morgan fingerprint density at radius 1 is 0.433 bits per heavy atom. The predicted octanol–water partition coefficient (Wildman–Crippen LogP) is -0.189. The molecule has 180 valence electrons. The summed E-state index contributed by atoms with van der Waals surface area (Å²) in [6.07, 6.45) is 19.4. The second-order valence-electron chi connectivity index (χ2n) is 7.88. The minimum atomic E-state index is -1.60. The van der Waals surface area contributed by atoms with Crippen molar-refractivity contribution >= 4 is 69.3 Å². The molecule has 0 N–H and O–H groups in total. The van der Waals surface area contributed by atoms with Crippen molar-refractivity contribution in [2.75, 3.05) is 0 Å². The summed E-state index contributed by atoms with van der Waals surface area (Å²) in [6, 6.07) is 1.09. The first-order valence-electron chi connectivity index (χ1n) is 12.1. The van der Waals surface area contributed by atoms with Crippen LogP contribution >= 0.6 is 0 Å². The van der Waals surface area contributed by atoms with Gasteiger partial charge in [0.2, 0.25) is 0 Å². The molecule has 1 rings (SSSR count). The Morgan fingerprint density at radius 2 is 0.767 bits per heavy atom. The number of hydrogen-bond acceptors (Lipinski definition) is 7. The lowest BCUT2D eigenvalue weighted by Crippen LogP contribution is -2.31. The lowest BCUT2D eigenvalue weighted by molar-refractivity contribution is 0.335. The number of hydrogen-bond donors (Lipinski definition) is 0. The summed E-state index contributed by atoms with van der Waals surface area (Å²) in [5.41, 5.74) is 0. The lowest BCUT2D eigenvalue weighted by Gasteiger charge is -2.18. The van der Waals surface area contributed by atoms with E-state index < -0.39 is 69.3 Å². The molecule has 0 bridgehead atoms. The van der Waals surface area contributed by atoms with Crippen molar-refractivity contribution in [3.8, 4) is 0 Å². The van der Waals surface area contributed by atoms with Crippen molar-refractivity contribution < 1.29 is 28.8 Å². The highest BCUT2D eigenvalue weighted by molar-refractivity contribution is 6.58. The van der Waals surface area contributed by atoms with E-state index in [-0.39, 0.29) is 0 Å². The first-order valence-corrected chi connectivity index (χ1v) is 20.7. The standard InChI is InChI=1S/C16H46O7Si7/c1-2-3-4-5-6-7-8-9-10-11-12-13-14-15-16-30-22-28-20-26-18-24-17-25-19-27-21-29-23-30/h30H,2-16,24-29H2,1H3. The molecule has 0 aromatic carbocycles. The Hall–Kier alpha value is 1.24. The van der Waals surface area contributed by atoms with Crippen LogP contribution in [-0.2, 0) is 28.8 Å². The maximum absolute atomic E-state index is 6.00. The van der Waals surface area contributed by atoms with E-state index in [1.807, 2.05) is 0 Å². The fourth-order valence-corrected chi connectivity index (χ4v) is 17.8. The summed E-state index contributed by atoms with van der Waals surface area (Å²) >= 11 is 0. The molecule has 1 fully saturated rings. The molecule has 0 aromatic rings. The third kappa shape index (κ3) is 21.1. The molecule has 0 amide bonds. The van der Waals surface area contributed by atoms with Crippen molar-refractivity contribution in [3.05, 3.63) is 0 Å². The maximum atomic E-state index is 6.00. The van der Waals surface area contributed by atoms with Crippen LogP contribution in [0.1, 0.15) is 96.8 Å². The zero-order valence-electron chi connectivity index (χ0n) is 19.3. The third-order valence-corrected chi connectivity index (χ3v) is 16.7. The van der Waals surface area contributed by atoms with Crippen LogP contribution < -0.4 is 0 Å². The SMILES string of the molecule is CCCCCCCCCCCCCCCC[SiH]1O[SiH2]O[SiH2]O[SiH2]O[SiH2]O[SiH2]O[SiH2]O1. The summed E-state index contributed by atoms with van der Waals surface area (Å²) < 4.78 is 39.7. The van der Waals surface area contributed by atoms with Crippen LogP contribution in [0.15, 0.2) is 0 Å². The van der Waals surface area contributed by atoms with Gasteiger partial charge in [0.25, 0.3) is 60.0 Å². The van der Waals surface area contributed by atoms with Crippen molar-refractivity contribution in [1.29, 1.82) is 0 Å². The van der Waals surface area contributed by atoms with Gasteiger partial charge in [0.05, 0.1) is 0 Å². The van der Waals surface area contributed by atoms with Gasteiger partial charge in [-0.1, -0.05) is 96.8 Å². The van der Waals surface area contributed by atoms with E-state index in [9.17, 15) is 0 Å². The van der Waals surface area contributed by atoms with Gasteiger partial charge >= 0.3 is 9.28 Å². The van der Waals surface area contributed by atoms with E-state index in [0.29, 0.717) is 0 Å².